The van der Waals surface area contributed by atoms with Gasteiger partial charge >= 0.3 is 0 Å². The molecule has 2 aliphatic rings. The molecule has 1 saturated heterocycles. The molecule has 0 saturated carbocycles. The molecular weight excluding hydrogens is 382 g/mol. The molecule has 30 heavy (non-hydrogen) atoms. The van der Waals surface area contributed by atoms with Gasteiger partial charge in [-0.15, -0.1) is 0 Å². The second kappa shape index (κ2) is 7.89. The first-order chi connectivity index (χ1) is 14.3. The lowest BCUT2D eigenvalue weighted by atomic mass is 10.0. The van der Waals surface area contributed by atoms with Gasteiger partial charge in [0.05, 0.1) is 16.9 Å². The van der Waals surface area contributed by atoms with Crippen molar-refractivity contribution >= 4 is 23.2 Å². The number of nitro benzene ring substituents is 1. The number of rotatable bonds is 5. The van der Waals surface area contributed by atoms with Crippen molar-refractivity contribution in [3.63, 3.8) is 0 Å². The maximum absolute atomic E-state index is 13.1. The topological polar surface area (TPSA) is 83.8 Å². The number of amides is 2. The standard InChI is InChI=1S/C23H25N3O4/c1-15(17-6-4-8-21(11-17)26(29)30)24(2)23(28)19-13-22(27)25(14-19)20-10-9-16-5-3-7-18(16)12-20/h4,6,8-12,15,19H,3,5,7,13-14H2,1-2H3. The number of benzene rings is 2. The van der Waals surface area contributed by atoms with Crippen LogP contribution in [0.3, 0.4) is 0 Å². The zero-order chi connectivity index (χ0) is 21.4. The Labute approximate surface area is 175 Å². The number of fused-ring (bicyclic) bond motifs is 1. The summed E-state index contributed by atoms with van der Waals surface area (Å²) >= 11 is 0. The summed E-state index contributed by atoms with van der Waals surface area (Å²) in [5.74, 6) is -0.578. The molecule has 0 N–H and O–H groups in total. The van der Waals surface area contributed by atoms with E-state index in [1.807, 2.05) is 13.0 Å². The first-order valence-electron chi connectivity index (χ1n) is 10.3. The quantitative estimate of drug-likeness (QED) is 0.559. The molecule has 1 fully saturated rings. The first-order valence-corrected chi connectivity index (χ1v) is 10.3. The van der Waals surface area contributed by atoms with Crippen molar-refractivity contribution in [3.8, 4) is 0 Å². The molecule has 2 atom stereocenters. The summed E-state index contributed by atoms with van der Waals surface area (Å²) in [5, 5.41) is 11.0. The number of carbonyl (C=O) groups excluding carboxylic acids is 2. The minimum atomic E-state index is -0.442. The van der Waals surface area contributed by atoms with Gasteiger partial charge in [0.15, 0.2) is 0 Å². The molecule has 7 heteroatoms. The van der Waals surface area contributed by atoms with Crippen molar-refractivity contribution in [3.05, 3.63) is 69.3 Å². The summed E-state index contributed by atoms with van der Waals surface area (Å²) < 4.78 is 0. The normalized spacial score (nSPS) is 18.9. The van der Waals surface area contributed by atoms with E-state index in [2.05, 4.69) is 12.1 Å². The minimum absolute atomic E-state index is 0.000900. The van der Waals surface area contributed by atoms with E-state index < -0.39 is 10.8 Å². The zero-order valence-corrected chi connectivity index (χ0v) is 17.2. The zero-order valence-electron chi connectivity index (χ0n) is 17.2. The summed E-state index contributed by atoms with van der Waals surface area (Å²) in [6.07, 6.45) is 3.46. The highest BCUT2D eigenvalue weighted by molar-refractivity contribution is 6.00. The third-order valence-corrected chi connectivity index (χ3v) is 6.36. The molecule has 0 radical (unpaired) electrons. The largest absolute Gasteiger partial charge is 0.339 e. The van der Waals surface area contributed by atoms with Crippen molar-refractivity contribution in [1.29, 1.82) is 0 Å². The van der Waals surface area contributed by atoms with Crippen molar-refractivity contribution in [2.45, 2.75) is 38.6 Å². The third kappa shape index (κ3) is 3.67. The summed E-state index contributed by atoms with van der Waals surface area (Å²) in [7, 11) is 1.69. The highest BCUT2D eigenvalue weighted by Gasteiger charge is 2.37. The van der Waals surface area contributed by atoms with Gasteiger partial charge in [-0.3, -0.25) is 19.7 Å². The Bertz CT molecular complexity index is 1020. The lowest BCUT2D eigenvalue weighted by Crippen LogP contribution is -2.36. The minimum Gasteiger partial charge on any atom is -0.339 e. The second-order valence-electron chi connectivity index (χ2n) is 8.19. The number of hydrogen-bond acceptors (Lipinski definition) is 4. The highest BCUT2D eigenvalue weighted by atomic mass is 16.6. The van der Waals surface area contributed by atoms with Gasteiger partial charge in [0, 0.05) is 37.8 Å². The van der Waals surface area contributed by atoms with Crippen LogP contribution < -0.4 is 4.90 Å². The fourth-order valence-corrected chi connectivity index (χ4v) is 4.45. The summed E-state index contributed by atoms with van der Waals surface area (Å²) in [6.45, 7) is 2.20. The van der Waals surface area contributed by atoms with E-state index in [-0.39, 0.29) is 30.0 Å². The van der Waals surface area contributed by atoms with Gasteiger partial charge in [-0.2, -0.15) is 0 Å². The number of non-ortho nitro benzene ring substituents is 1. The van der Waals surface area contributed by atoms with Gasteiger partial charge in [0.1, 0.15) is 0 Å². The molecular formula is C23H25N3O4. The number of carbonyl (C=O) groups is 2. The van der Waals surface area contributed by atoms with Gasteiger partial charge in [-0.25, -0.2) is 0 Å². The maximum atomic E-state index is 13.1. The van der Waals surface area contributed by atoms with Crippen molar-refractivity contribution in [2.75, 3.05) is 18.5 Å². The molecule has 2 aromatic rings. The Kier molecular flexibility index (Phi) is 5.28. The summed E-state index contributed by atoms with van der Waals surface area (Å²) in [4.78, 5) is 39.7. The Balaban J connectivity index is 1.47. The van der Waals surface area contributed by atoms with Crippen LogP contribution >= 0.6 is 0 Å². The second-order valence-corrected chi connectivity index (χ2v) is 8.19. The van der Waals surface area contributed by atoms with Gasteiger partial charge < -0.3 is 9.80 Å². The molecule has 1 heterocycles. The molecule has 0 spiro atoms. The monoisotopic (exact) mass is 407 g/mol. The molecule has 2 amide bonds. The third-order valence-electron chi connectivity index (χ3n) is 6.36. The molecule has 2 aromatic carbocycles. The molecule has 7 nitrogen and oxygen atoms in total. The predicted molar refractivity (Wildman–Crippen MR) is 113 cm³/mol. The molecule has 4 rings (SSSR count). The number of anilines is 1. The fourth-order valence-electron chi connectivity index (χ4n) is 4.45. The van der Waals surface area contributed by atoms with Crippen LogP contribution in [0.25, 0.3) is 0 Å². The molecule has 2 unspecified atom stereocenters. The molecule has 1 aliphatic heterocycles. The van der Waals surface area contributed by atoms with E-state index in [1.165, 1.54) is 23.3 Å². The first kappa shape index (κ1) is 20.1. The average molecular weight is 407 g/mol. The van der Waals surface area contributed by atoms with Crippen LogP contribution in [0.1, 0.15) is 42.5 Å². The van der Waals surface area contributed by atoms with E-state index in [9.17, 15) is 19.7 Å². The van der Waals surface area contributed by atoms with Gasteiger partial charge in [0.25, 0.3) is 5.69 Å². The maximum Gasteiger partial charge on any atom is 0.269 e. The van der Waals surface area contributed by atoms with Crippen LogP contribution in [-0.4, -0.2) is 35.2 Å². The van der Waals surface area contributed by atoms with E-state index in [1.54, 1.807) is 29.0 Å². The molecule has 156 valence electrons. The van der Waals surface area contributed by atoms with Crippen LogP contribution in [0.4, 0.5) is 11.4 Å². The van der Waals surface area contributed by atoms with E-state index >= 15 is 0 Å². The van der Waals surface area contributed by atoms with Crippen molar-refractivity contribution < 1.29 is 14.5 Å². The van der Waals surface area contributed by atoms with Crippen LogP contribution in [0.15, 0.2) is 42.5 Å². The number of nitro groups is 1. The summed E-state index contributed by atoms with van der Waals surface area (Å²) in [6, 6.07) is 12.1. The van der Waals surface area contributed by atoms with E-state index in [4.69, 9.17) is 0 Å². The lowest BCUT2D eigenvalue weighted by Gasteiger charge is -2.28. The Morgan fingerprint density at radius 3 is 2.73 bits per heavy atom. The van der Waals surface area contributed by atoms with Crippen LogP contribution in [0.2, 0.25) is 0 Å². The van der Waals surface area contributed by atoms with Crippen LogP contribution in [0.5, 0.6) is 0 Å². The van der Waals surface area contributed by atoms with Gasteiger partial charge in [0.2, 0.25) is 11.8 Å². The van der Waals surface area contributed by atoms with Crippen molar-refractivity contribution in [1.82, 2.24) is 4.90 Å². The molecule has 0 bridgehead atoms. The fraction of sp³-hybridized carbons (Fsp3) is 0.391. The predicted octanol–water partition coefficient (Wildman–Crippen LogP) is 3.66. The molecule has 1 aliphatic carbocycles. The van der Waals surface area contributed by atoms with Crippen molar-refractivity contribution in [2.24, 2.45) is 5.92 Å². The molecule has 0 aromatic heterocycles. The number of aryl methyl sites for hydroxylation is 2. The van der Waals surface area contributed by atoms with Crippen LogP contribution in [0, 0.1) is 16.0 Å². The van der Waals surface area contributed by atoms with Gasteiger partial charge in [-0.05, 0) is 55.0 Å². The lowest BCUT2D eigenvalue weighted by molar-refractivity contribution is -0.384. The highest BCUT2D eigenvalue weighted by Crippen LogP contribution is 2.32. The Morgan fingerprint density at radius 2 is 1.97 bits per heavy atom. The van der Waals surface area contributed by atoms with Crippen LogP contribution in [-0.2, 0) is 22.4 Å². The Morgan fingerprint density at radius 1 is 1.20 bits per heavy atom. The average Bonchev–Trinajstić information content (AvgIpc) is 3.37. The SMILES string of the molecule is CC(c1cccc([N+](=O)[O-])c1)N(C)C(=O)C1CC(=O)N(c2ccc3c(c2)CCC3)C1. The summed E-state index contributed by atoms with van der Waals surface area (Å²) in [5.41, 5.74) is 4.21. The smallest absolute Gasteiger partial charge is 0.269 e. The van der Waals surface area contributed by atoms with E-state index in [0.717, 1.165) is 24.9 Å². The van der Waals surface area contributed by atoms with Gasteiger partial charge in [-0.1, -0.05) is 18.2 Å². The van der Waals surface area contributed by atoms with E-state index in [0.29, 0.717) is 12.1 Å². The number of nitrogens with zero attached hydrogens (tertiary/aromatic N) is 3. The Hall–Kier alpha value is -3.22. The number of hydrogen-bond donors (Lipinski definition) is 0.